The van der Waals surface area contributed by atoms with Gasteiger partial charge < -0.3 is 22.5 Å². The van der Waals surface area contributed by atoms with Gasteiger partial charge in [-0.25, -0.2) is 0 Å². The fourth-order valence-corrected chi connectivity index (χ4v) is 10.2. The Hall–Kier alpha value is -8.02. The summed E-state index contributed by atoms with van der Waals surface area (Å²) in [6.45, 7) is 0. The third kappa shape index (κ3) is 4.08. The van der Waals surface area contributed by atoms with Crippen LogP contribution in [0.2, 0.25) is 0 Å². The summed E-state index contributed by atoms with van der Waals surface area (Å²) in [4.78, 5) is 0. The molecule has 0 bridgehead atoms. The number of furan rings is 2. The van der Waals surface area contributed by atoms with Crippen LogP contribution < -0.4 is 0 Å². The molecule has 14 aromatic rings. The third-order valence-corrected chi connectivity index (χ3v) is 12.6. The Balaban J connectivity index is 1.12. The third-order valence-electron chi connectivity index (χ3n) is 12.6. The lowest BCUT2D eigenvalue weighted by molar-refractivity contribution is 0.669. The maximum Gasteiger partial charge on any atom is 0.145 e. The molecule has 9 aromatic carbocycles. The first-order chi connectivity index (χ1) is 29.3. The van der Waals surface area contributed by atoms with Crippen molar-refractivity contribution in [2.45, 2.75) is 0 Å². The smallest absolute Gasteiger partial charge is 0.145 e. The molecule has 0 aliphatic carbocycles. The molecule has 5 nitrogen and oxygen atoms in total. The van der Waals surface area contributed by atoms with E-state index in [1.807, 2.05) is 12.1 Å². The molecule has 0 aliphatic heterocycles. The van der Waals surface area contributed by atoms with Crippen LogP contribution in [0.3, 0.4) is 0 Å². The van der Waals surface area contributed by atoms with E-state index in [0.717, 1.165) is 99.2 Å². The number of fused-ring (bicyclic) bond motifs is 17. The minimum Gasteiger partial charge on any atom is -0.456 e. The van der Waals surface area contributed by atoms with Crippen LogP contribution >= 0.6 is 0 Å². The van der Waals surface area contributed by atoms with Crippen molar-refractivity contribution in [2.24, 2.45) is 0 Å². The van der Waals surface area contributed by atoms with Crippen molar-refractivity contribution in [1.29, 1.82) is 0 Å². The second kappa shape index (κ2) is 11.3. The van der Waals surface area contributed by atoms with Gasteiger partial charge in [-0.2, -0.15) is 0 Å². The van der Waals surface area contributed by atoms with Crippen LogP contribution in [0, 0.1) is 0 Å². The number of benzene rings is 9. The molecule has 5 aromatic heterocycles. The zero-order valence-electron chi connectivity index (χ0n) is 31.6. The van der Waals surface area contributed by atoms with Crippen molar-refractivity contribution < 1.29 is 8.83 Å². The monoisotopic (exact) mass is 753 g/mol. The summed E-state index contributed by atoms with van der Waals surface area (Å²) in [6.07, 6.45) is 0. The molecule has 0 spiro atoms. The van der Waals surface area contributed by atoms with Gasteiger partial charge in [0.15, 0.2) is 0 Å². The Kier molecular flexibility index (Phi) is 5.96. The zero-order valence-corrected chi connectivity index (χ0v) is 31.6. The van der Waals surface area contributed by atoms with Gasteiger partial charge in [0.05, 0.1) is 43.9 Å². The number of hydrogen-bond acceptors (Lipinski definition) is 2. The lowest BCUT2D eigenvalue weighted by atomic mass is 10.1. The van der Waals surface area contributed by atoms with Crippen molar-refractivity contribution in [1.82, 2.24) is 13.7 Å². The van der Waals surface area contributed by atoms with Crippen LogP contribution in [-0.4, -0.2) is 13.7 Å². The molecule has 0 saturated heterocycles. The maximum absolute atomic E-state index is 7.33. The average molecular weight is 754 g/mol. The summed E-state index contributed by atoms with van der Waals surface area (Å²) in [5.41, 5.74) is 13.7. The highest BCUT2D eigenvalue weighted by molar-refractivity contribution is 6.29. The van der Waals surface area contributed by atoms with Gasteiger partial charge in [-0.05, 0) is 97.1 Å². The Labute approximate surface area is 335 Å². The van der Waals surface area contributed by atoms with Crippen LogP contribution in [0.25, 0.3) is 126 Å². The molecular weight excluding hydrogens is 723 g/mol. The molecule has 0 saturated carbocycles. The average Bonchev–Trinajstić information content (AvgIpc) is 4.09. The van der Waals surface area contributed by atoms with Crippen molar-refractivity contribution in [3.63, 3.8) is 0 Å². The van der Waals surface area contributed by atoms with Gasteiger partial charge in [-0.3, -0.25) is 0 Å². The molecule has 14 rings (SSSR count). The van der Waals surface area contributed by atoms with E-state index in [0.29, 0.717) is 0 Å². The Morgan fingerprint density at radius 1 is 0.254 bits per heavy atom. The summed E-state index contributed by atoms with van der Waals surface area (Å²) in [5, 5.41) is 11.4. The van der Waals surface area contributed by atoms with Crippen LogP contribution in [0.1, 0.15) is 0 Å². The largest absolute Gasteiger partial charge is 0.456 e. The van der Waals surface area contributed by atoms with E-state index >= 15 is 0 Å². The Morgan fingerprint density at radius 2 is 0.712 bits per heavy atom. The molecule has 0 atom stereocenters. The fourth-order valence-electron chi connectivity index (χ4n) is 10.2. The van der Waals surface area contributed by atoms with Crippen LogP contribution in [0.5, 0.6) is 0 Å². The van der Waals surface area contributed by atoms with Gasteiger partial charge in [-0.1, -0.05) is 91.0 Å². The minimum absolute atomic E-state index is 0.878. The van der Waals surface area contributed by atoms with Crippen molar-refractivity contribution in [2.75, 3.05) is 0 Å². The first kappa shape index (κ1) is 31.1. The van der Waals surface area contributed by atoms with E-state index in [2.05, 4.69) is 190 Å². The van der Waals surface area contributed by atoms with E-state index in [1.165, 1.54) is 27.2 Å². The molecule has 5 heteroatoms. The summed E-state index contributed by atoms with van der Waals surface area (Å²) in [6, 6.07) is 67.5. The second-order valence-corrected chi connectivity index (χ2v) is 15.6. The predicted molar refractivity (Wildman–Crippen MR) is 244 cm³/mol. The van der Waals surface area contributed by atoms with Gasteiger partial charge in [0.2, 0.25) is 0 Å². The molecule has 0 N–H and O–H groups in total. The highest BCUT2D eigenvalue weighted by Crippen LogP contribution is 2.46. The maximum atomic E-state index is 7.33. The number of nitrogens with zero attached hydrogens (tertiary/aromatic N) is 3. The standard InChI is InChI=1S/C54H31N3O2/c1-2-12-32(13-3-1)55-45-20-10-6-17-40(45)51-47(55)27-24-38-39-25-28-48-52(54(39)59-53(38)51)42-31-33(56-43-18-8-4-14-35(43)36-15-5-9-19-44(36)56)22-26-46(42)57(48)34-23-29-50-41(30-34)37-16-7-11-21-49(37)58-50/h1-31H. The van der Waals surface area contributed by atoms with Crippen LogP contribution in [0.4, 0.5) is 0 Å². The predicted octanol–water partition coefficient (Wildman–Crippen LogP) is 14.8. The molecule has 0 fully saturated rings. The summed E-state index contributed by atoms with van der Waals surface area (Å²) < 4.78 is 20.8. The van der Waals surface area contributed by atoms with E-state index in [-0.39, 0.29) is 0 Å². The Bertz CT molecular complexity index is 4020. The molecule has 0 radical (unpaired) electrons. The van der Waals surface area contributed by atoms with Gasteiger partial charge in [0.1, 0.15) is 22.3 Å². The normalized spacial score (nSPS) is 12.4. The second-order valence-electron chi connectivity index (χ2n) is 15.6. The minimum atomic E-state index is 0.878. The number of rotatable bonds is 3. The van der Waals surface area contributed by atoms with E-state index in [9.17, 15) is 0 Å². The molecule has 0 unspecified atom stereocenters. The highest BCUT2D eigenvalue weighted by Gasteiger charge is 2.24. The Morgan fingerprint density at radius 3 is 1.41 bits per heavy atom. The molecule has 59 heavy (non-hydrogen) atoms. The number of aromatic nitrogens is 3. The zero-order chi connectivity index (χ0) is 38.3. The highest BCUT2D eigenvalue weighted by atomic mass is 16.3. The first-order valence-electron chi connectivity index (χ1n) is 20.1. The lowest BCUT2D eigenvalue weighted by Gasteiger charge is -2.10. The lowest BCUT2D eigenvalue weighted by Crippen LogP contribution is -1.95. The quantitative estimate of drug-likeness (QED) is 0.180. The molecule has 274 valence electrons. The van der Waals surface area contributed by atoms with Crippen molar-refractivity contribution >= 4 is 109 Å². The van der Waals surface area contributed by atoms with Gasteiger partial charge in [0.25, 0.3) is 0 Å². The van der Waals surface area contributed by atoms with Crippen molar-refractivity contribution in [3.8, 4) is 17.1 Å². The van der Waals surface area contributed by atoms with Crippen molar-refractivity contribution in [3.05, 3.63) is 188 Å². The van der Waals surface area contributed by atoms with Gasteiger partial charge in [-0.15, -0.1) is 0 Å². The summed E-state index contributed by atoms with van der Waals surface area (Å²) in [5.74, 6) is 0. The summed E-state index contributed by atoms with van der Waals surface area (Å²) >= 11 is 0. The molecule has 0 aliphatic rings. The topological polar surface area (TPSA) is 41.1 Å². The van der Waals surface area contributed by atoms with Crippen LogP contribution in [-0.2, 0) is 0 Å². The van der Waals surface area contributed by atoms with E-state index in [1.54, 1.807) is 0 Å². The SMILES string of the molecule is c1ccc(-n2c3ccccc3c3c4oc5c(ccc6c5c5cc(-n7c8ccccc8c8ccccc87)ccc5n6-c5ccc6oc7ccccc7c6c5)c4ccc32)cc1. The molecule has 5 heterocycles. The fraction of sp³-hybridized carbons (Fsp3) is 0. The number of hydrogen-bond donors (Lipinski definition) is 0. The number of para-hydroxylation sites is 5. The van der Waals surface area contributed by atoms with Gasteiger partial charge in [0, 0.05) is 60.2 Å². The van der Waals surface area contributed by atoms with Crippen LogP contribution in [0.15, 0.2) is 197 Å². The van der Waals surface area contributed by atoms with E-state index in [4.69, 9.17) is 8.83 Å². The molecular formula is C54H31N3O2. The van der Waals surface area contributed by atoms with E-state index < -0.39 is 0 Å². The van der Waals surface area contributed by atoms with Gasteiger partial charge >= 0.3 is 0 Å². The molecule has 0 amide bonds. The first-order valence-corrected chi connectivity index (χ1v) is 20.1. The summed E-state index contributed by atoms with van der Waals surface area (Å²) in [7, 11) is 0.